The van der Waals surface area contributed by atoms with Crippen LogP contribution in [0.15, 0.2) is 12.1 Å². The number of amides is 1. The normalized spacial score (nSPS) is 18.9. The van der Waals surface area contributed by atoms with Gasteiger partial charge in [0.2, 0.25) is 5.91 Å². The Bertz CT molecular complexity index is 459. The first-order valence-corrected chi connectivity index (χ1v) is 5.57. The second kappa shape index (κ2) is 5.39. The molecule has 98 valence electrons. The molecule has 0 aromatic heterocycles. The van der Waals surface area contributed by atoms with Gasteiger partial charge in [-0.1, -0.05) is 0 Å². The van der Waals surface area contributed by atoms with Gasteiger partial charge in [-0.15, -0.1) is 0 Å². The molecule has 0 spiro atoms. The molecule has 0 bridgehead atoms. The van der Waals surface area contributed by atoms with Crippen LogP contribution in [0.3, 0.4) is 0 Å². The quantitative estimate of drug-likeness (QED) is 0.840. The van der Waals surface area contributed by atoms with Gasteiger partial charge in [0.1, 0.15) is 5.82 Å². The standard InChI is InChI=1S/C12H12F3NO2/c13-9-4-11(15)10(14)3-8(9)5-16-12(17)7-1-2-18-6-7/h3-4,7H,1-2,5-6H2,(H,16,17). The molecule has 1 aliphatic heterocycles. The molecule has 0 aliphatic carbocycles. The first kappa shape index (κ1) is 12.9. The van der Waals surface area contributed by atoms with Gasteiger partial charge >= 0.3 is 0 Å². The molecule has 1 aliphatic rings. The third-order valence-corrected chi connectivity index (χ3v) is 2.84. The van der Waals surface area contributed by atoms with Crippen LogP contribution < -0.4 is 5.32 Å². The fourth-order valence-electron chi connectivity index (χ4n) is 1.77. The molecule has 1 N–H and O–H groups in total. The van der Waals surface area contributed by atoms with Crippen LogP contribution in [0.25, 0.3) is 0 Å². The van der Waals surface area contributed by atoms with Crippen molar-refractivity contribution in [1.29, 1.82) is 0 Å². The Hall–Kier alpha value is -1.56. The number of hydrogen-bond donors (Lipinski definition) is 1. The summed E-state index contributed by atoms with van der Waals surface area (Å²) in [6.07, 6.45) is 0.617. The zero-order chi connectivity index (χ0) is 13.1. The molecule has 1 atom stereocenters. The van der Waals surface area contributed by atoms with Gasteiger partial charge < -0.3 is 10.1 Å². The van der Waals surface area contributed by atoms with Gasteiger partial charge in [0, 0.05) is 24.8 Å². The summed E-state index contributed by atoms with van der Waals surface area (Å²) in [5, 5.41) is 2.48. The van der Waals surface area contributed by atoms with Crippen LogP contribution in [0.1, 0.15) is 12.0 Å². The summed E-state index contributed by atoms with van der Waals surface area (Å²) in [6, 6.07) is 1.21. The van der Waals surface area contributed by atoms with Crippen LogP contribution in [0, 0.1) is 23.4 Å². The Morgan fingerprint density at radius 3 is 2.67 bits per heavy atom. The average molecular weight is 259 g/mol. The number of benzene rings is 1. The number of rotatable bonds is 3. The summed E-state index contributed by atoms with van der Waals surface area (Å²) in [6.45, 7) is 0.697. The third kappa shape index (κ3) is 2.81. The molecule has 2 rings (SSSR count). The first-order valence-electron chi connectivity index (χ1n) is 5.57. The average Bonchev–Trinajstić information content (AvgIpc) is 2.85. The number of hydrogen-bond acceptors (Lipinski definition) is 2. The number of nitrogens with one attached hydrogen (secondary N) is 1. The Kier molecular flexibility index (Phi) is 3.86. The summed E-state index contributed by atoms with van der Waals surface area (Å²) in [4.78, 5) is 11.6. The van der Waals surface area contributed by atoms with Crippen molar-refractivity contribution in [1.82, 2.24) is 5.32 Å². The Morgan fingerprint density at radius 1 is 1.28 bits per heavy atom. The molecular formula is C12H12F3NO2. The van der Waals surface area contributed by atoms with E-state index in [1.54, 1.807) is 0 Å². The lowest BCUT2D eigenvalue weighted by Gasteiger charge is -2.10. The summed E-state index contributed by atoms with van der Waals surface area (Å²) in [7, 11) is 0. The van der Waals surface area contributed by atoms with E-state index < -0.39 is 17.5 Å². The van der Waals surface area contributed by atoms with E-state index in [4.69, 9.17) is 4.74 Å². The predicted molar refractivity (Wildman–Crippen MR) is 57.1 cm³/mol. The van der Waals surface area contributed by atoms with E-state index in [1.165, 1.54) is 0 Å². The highest BCUT2D eigenvalue weighted by atomic mass is 19.2. The van der Waals surface area contributed by atoms with Crippen LogP contribution in [-0.4, -0.2) is 19.1 Å². The zero-order valence-corrected chi connectivity index (χ0v) is 9.51. The second-order valence-electron chi connectivity index (χ2n) is 4.14. The molecule has 1 amide bonds. The Morgan fingerprint density at radius 2 is 2.00 bits per heavy atom. The maximum Gasteiger partial charge on any atom is 0.225 e. The van der Waals surface area contributed by atoms with Gasteiger partial charge in [0.15, 0.2) is 11.6 Å². The molecular weight excluding hydrogens is 247 g/mol. The van der Waals surface area contributed by atoms with Crippen molar-refractivity contribution >= 4 is 5.91 Å². The van der Waals surface area contributed by atoms with E-state index in [-0.39, 0.29) is 23.9 Å². The molecule has 0 radical (unpaired) electrons. The van der Waals surface area contributed by atoms with Crippen molar-refractivity contribution in [3.05, 3.63) is 35.1 Å². The molecule has 1 fully saturated rings. The van der Waals surface area contributed by atoms with E-state index in [2.05, 4.69) is 5.32 Å². The summed E-state index contributed by atoms with van der Waals surface area (Å²) in [5.41, 5.74) is -0.0823. The zero-order valence-electron chi connectivity index (χ0n) is 9.51. The largest absolute Gasteiger partial charge is 0.381 e. The highest BCUT2D eigenvalue weighted by Gasteiger charge is 2.23. The van der Waals surface area contributed by atoms with Crippen molar-refractivity contribution in [3.63, 3.8) is 0 Å². The molecule has 1 aromatic rings. The molecule has 6 heteroatoms. The van der Waals surface area contributed by atoms with Crippen molar-refractivity contribution in [2.75, 3.05) is 13.2 Å². The number of ether oxygens (including phenoxy) is 1. The number of halogens is 3. The van der Waals surface area contributed by atoms with Gasteiger partial charge in [0.05, 0.1) is 12.5 Å². The van der Waals surface area contributed by atoms with Crippen molar-refractivity contribution in [2.24, 2.45) is 5.92 Å². The van der Waals surface area contributed by atoms with Crippen molar-refractivity contribution in [2.45, 2.75) is 13.0 Å². The Balaban J connectivity index is 1.97. The van der Waals surface area contributed by atoms with Crippen LogP contribution >= 0.6 is 0 Å². The lowest BCUT2D eigenvalue weighted by molar-refractivity contribution is -0.125. The molecule has 1 heterocycles. The minimum absolute atomic E-state index is 0.0823. The molecule has 0 saturated carbocycles. The number of carbonyl (C=O) groups excluding carboxylic acids is 1. The lowest BCUT2D eigenvalue weighted by Crippen LogP contribution is -2.30. The van der Waals surface area contributed by atoms with E-state index in [0.29, 0.717) is 25.7 Å². The SMILES string of the molecule is O=C(NCc1cc(F)c(F)cc1F)C1CCOC1. The number of carbonyl (C=O) groups is 1. The van der Waals surface area contributed by atoms with Gasteiger partial charge in [-0.2, -0.15) is 0 Å². The minimum atomic E-state index is -1.24. The van der Waals surface area contributed by atoms with Gasteiger partial charge in [0.25, 0.3) is 0 Å². The topological polar surface area (TPSA) is 38.3 Å². The van der Waals surface area contributed by atoms with E-state index in [1.807, 2.05) is 0 Å². The summed E-state index contributed by atoms with van der Waals surface area (Å²) >= 11 is 0. The van der Waals surface area contributed by atoms with E-state index >= 15 is 0 Å². The molecule has 1 aromatic carbocycles. The smallest absolute Gasteiger partial charge is 0.225 e. The van der Waals surface area contributed by atoms with E-state index in [9.17, 15) is 18.0 Å². The highest BCUT2D eigenvalue weighted by molar-refractivity contribution is 5.78. The third-order valence-electron chi connectivity index (χ3n) is 2.84. The fraction of sp³-hybridized carbons (Fsp3) is 0.417. The van der Waals surface area contributed by atoms with Crippen LogP contribution in [0.2, 0.25) is 0 Å². The van der Waals surface area contributed by atoms with Crippen molar-refractivity contribution < 1.29 is 22.7 Å². The molecule has 18 heavy (non-hydrogen) atoms. The fourth-order valence-corrected chi connectivity index (χ4v) is 1.77. The van der Waals surface area contributed by atoms with Crippen LogP contribution in [-0.2, 0) is 16.1 Å². The van der Waals surface area contributed by atoms with Gasteiger partial charge in [-0.25, -0.2) is 13.2 Å². The second-order valence-corrected chi connectivity index (χ2v) is 4.14. The van der Waals surface area contributed by atoms with Crippen LogP contribution in [0.5, 0.6) is 0 Å². The van der Waals surface area contributed by atoms with Crippen molar-refractivity contribution in [3.8, 4) is 0 Å². The highest BCUT2D eigenvalue weighted by Crippen LogP contribution is 2.15. The Labute approximate surface area is 102 Å². The maximum absolute atomic E-state index is 13.3. The summed E-state index contributed by atoms with van der Waals surface area (Å²) in [5.74, 6) is -3.77. The predicted octanol–water partition coefficient (Wildman–Crippen LogP) is 1.76. The molecule has 3 nitrogen and oxygen atoms in total. The summed E-state index contributed by atoms with van der Waals surface area (Å²) < 4.78 is 43.9. The first-order chi connectivity index (χ1) is 8.58. The van der Waals surface area contributed by atoms with E-state index in [0.717, 1.165) is 6.07 Å². The minimum Gasteiger partial charge on any atom is -0.381 e. The molecule has 1 saturated heterocycles. The maximum atomic E-state index is 13.3. The molecule has 1 unspecified atom stereocenters. The van der Waals surface area contributed by atoms with Gasteiger partial charge in [-0.05, 0) is 12.5 Å². The van der Waals surface area contributed by atoms with Crippen LogP contribution in [0.4, 0.5) is 13.2 Å². The lowest BCUT2D eigenvalue weighted by atomic mass is 10.1. The monoisotopic (exact) mass is 259 g/mol. The van der Waals surface area contributed by atoms with Gasteiger partial charge in [-0.3, -0.25) is 4.79 Å².